The molecular formula is C16H21FN4O2S. The maximum Gasteiger partial charge on any atom is 0.343 e. The Hall–Kier alpha value is -2.09. The van der Waals surface area contributed by atoms with Gasteiger partial charge in [0.25, 0.3) is 0 Å². The molecule has 0 fully saturated rings. The third-order valence-electron chi connectivity index (χ3n) is 3.55. The number of aryl methyl sites for hydroxylation is 1. The van der Waals surface area contributed by atoms with E-state index in [0.717, 1.165) is 12.8 Å². The van der Waals surface area contributed by atoms with Crippen molar-refractivity contribution in [2.45, 2.75) is 50.6 Å². The van der Waals surface area contributed by atoms with Crippen LogP contribution in [0.4, 0.5) is 10.1 Å². The topological polar surface area (TPSA) is 79.8 Å². The summed E-state index contributed by atoms with van der Waals surface area (Å²) in [5, 5.41) is 9.05. The zero-order valence-electron chi connectivity index (χ0n) is 13.9. The van der Waals surface area contributed by atoms with Gasteiger partial charge < -0.3 is 5.32 Å². The van der Waals surface area contributed by atoms with Gasteiger partial charge in [0, 0.05) is 12.2 Å². The van der Waals surface area contributed by atoms with Crippen LogP contribution in [0.15, 0.2) is 28.2 Å². The Balaban J connectivity index is 2.03. The third-order valence-corrected chi connectivity index (χ3v) is 4.64. The van der Waals surface area contributed by atoms with E-state index in [4.69, 9.17) is 0 Å². The van der Waals surface area contributed by atoms with Crippen LogP contribution >= 0.6 is 11.8 Å². The number of amides is 1. The number of aromatic amines is 1. The van der Waals surface area contributed by atoms with Gasteiger partial charge >= 0.3 is 5.69 Å². The smallest absolute Gasteiger partial charge is 0.325 e. The number of benzene rings is 1. The zero-order chi connectivity index (χ0) is 17.7. The van der Waals surface area contributed by atoms with E-state index >= 15 is 0 Å². The van der Waals surface area contributed by atoms with Crippen molar-refractivity contribution in [3.8, 4) is 0 Å². The normalized spacial score (nSPS) is 12.2. The van der Waals surface area contributed by atoms with E-state index in [9.17, 15) is 14.0 Å². The van der Waals surface area contributed by atoms with Crippen molar-refractivity contribution in [1.82, 2.24) is 14.8 Å². The molecule has 0 aliphatic carbocycles. The molecule has 130 valence electrons. The van der Waals surface area contributed by atoms with Crippen molar-refractivity contribution >= 4 is 23.4 Å². The minimum Gasteiger partial charge on any atom is -0.325 e. The molecule has 1 heterocycles. The van der Waals surface area contributed by atoms with E-state index in [2.05, 4.69) is 15.5 Å². The summed E-state index contributed by atoms with van der Waals surface area (Å²) in [6.07, 6.45) is 1.81. The predicted octanol–water partition coefficient (Wildman–Crippen LogP) is 2.94. The molecule has 0 radical (unpaired) electrons. The Morgan fingerprint density at radius 1 is 1.50 bits per heavy atom. The lowest BCUT2D eigenvalue weighted by Gasteiger charge is -2.12. The average molecular weight is 352 g/mol. The number of carbonyl (C=O) groups excluding carboxylic acids is 1. The van der Waals surface area contributed by atoms with Gasteiger partial charge in [0.15, 0.2) is 5.16 Å². The number of unbranched alkanes of at least 4 members (excludes halogenated alkanes) is 1. The summed E-state index contributed by atoms with van der Waals surface area (Å²) in [6, 6.07) is 4.55. The van der Waals surface area contributed by atoms with Crippen LogP contribution in [-0.4, -0.2) is 25.9 Å². The molecule has 0 saturated heterocycles. The number of halogens is 1. The summed E-state index contributed by atoms with van der Waals surface area (Å²) in [5.41, 5.74) is 0.645. The van der Waals surface area contributed by atoms with Crippen LogP contribution in [0.5, 0.6) is 0 Å². The molecule has 2 N–H and O–H groups in total. The van der Waals surface area contributed by atoms with Gasteiger partial charge in [-0.2, -0.15) is 0 Å². The maximum absolute atomic E-state index is 13.5. The third kappa shape index (κ3) is 4.47. The van der Waals surface area contributed by atoms with Crippen LogP contribution in [-0.2, 0) is 11.3 Å². The summed E-state index contributed by atoms with van der Waals surface area (Å²) in [4.78, 5) is 24.0. The average Bonchev–Trinajstić information content (AvgIpc) is 2.89. The van der Waals surface area contributed by atoms with Crippen LogP contribution in [0.1, 0.15) is 32.3 Å². The molecule has 2 rings (SSSR count). The van der Waals surface area contributed by atoms with E-state index in [1.807, 2.05) is 6.92 Å². The Morgan fingerprint density at radius 2 is 2.25 bits per heavy atom. The molecule has 1 amide bonds. The van der Waals surface area contributed by atoms with Gasteiger partial charge in [-0.05, 0) is 38.0 Å². The highest BCUT2D eigenvalue weighted by atomic mass is 32.2. The first-order valence-corrected chi connectivity index (χ1v) is 8.69. The van der Waals surface area contributed by atoms with Crippen LogP contribution in [0.3, 0.4) is 0 Å². The lowest BCUT2D eigenvalue weighted by molar-refractivity contribution is -0.115. The quantitative estimate of drug-likeness (QED) is 0.751. The molecule has 2 aromatic rings. The molecular weight excluding hydrogens is 331 g/mol. The molecule has 0 aliphatic heterocycles. The number of nitrogens with zero attached hydrogens (tertiary/aromatic N) is 2. The number of nitrogens with one attached hydrogen (secondary N) is 2. The summed E-state index contributed by atoms with van der Waals surface area (Å²) in [6.45, 7) is 5.97. The van der Waals surface area contributed by atoms with Crippen molar-refractivity contribution in [1.29, 1.82) is 0 Å². The number of rotatable bonds is 7. The molecule has 0 aliphatic rings. The van der Waals surface area contributed by atoms with Gasteiger partial charge in [-0.15, -0.1) is 5.10 Å². The van der Waals surface area contributed by atoms with Crippen LogP contribution < -0.4 is 11.0 Å². The molecule has 0 saturated carbocycles. The summed E-state index contributed by atoms with van der Waals surface area (Å²) in [7, 11) is 0. The number of H-pyrrole nitrogens is 1. The summed E-state index contributed by atoms with van der Waals surface area (Å²) >= 11 is 1.19. The van der Waals surface area contributed by atoms with E-state index in [1.54, 1.807) is 26.0 Å². The van der Waals surface area contributed by atoms with Gasteiger partial charge in [-0.3, -0.25) is 9.36 Å². The van der Waals surface area contributed by atoms with Crippen molar-refractivity contribution in [2.24, 2.45) is 0 Å². The largest absolute Gasteiger partial charge is 0.343 e. The van der Waals surface area contributed by atoms with Crippen LogP contribution in [0.25, 0.3) is 0 Å². The van der Waals surface area contributed by atoms with Crippen molar-refractivity contribution in [3.05, 3.63) is 40.1 Å². The van der Waals surface area contributed by atoms with Crippen LogP contribution in [0.2, 0.25) is 0 Å². The second-order valence-electron chi connectivity index (χ2n) is 5.53. The molecule has 6 nitrogen and oxygen atoms in total. The van der Waals surface area contributed by atoms with Gasteiger partial charge in [0.2, 0.25) is 5.91 Å². The Morgan fingerprint density at radius 3 is 2.92 bits per heavy atom. The maximum atomic E-state index is 13.5. The number of carbonyl (C=O) groups is 1. The highest BCUT2D eigenvalue weighted by Crippen LogP contribution is 2.22. The molecule has 1 atom stereocenters. The fourth-order valence-corrected chi connectivity index (χ4v) is 2.91. The Bertz CT molecular complexity index is 772. The number of aromatic nitrogens is 3. The summed E-state index contributed by atoms with van der Waals surface area (Å²) < 4.78 is 15.1. The monoisotopic (exact) mass is 352 g/mol. The molecule has 1 unspecified atom stereocenters. The number of anilines is 1. The molecule has 24 heavy (non-hydrogen) atoms. The molecule has 1 aromatic carbocycles. The Labute approximate surface area is 143 Å². The standard InChI is InChI=1S/C16H21FN4O2S/c1-4-5-8-21-15(23)19-20-16(21)24-11(3)14(22)18-12-7-6-10(2)13(17)9-12/h6-7,9,11H,4-5,8H2,1-3H3,(H,18,22)(H,19,23). The van der Waals surface area contributed by atoms with E-state index in [-0.39, 0.29) is 17.4 Å². The predicted molar refractivity (Wildman–Crippen MR) is 92.8 cm³/mol. The second-order valence-corrected chi connectivity index (χ2v) is 6.84. The van der Waals surface area contributed by atoms with Gasteiger partial charge in [0.05, 0.1) is 5.25 Å². The fraction of sp³-hybridized carbons (Fsp3) is 0.438. The van der Waals surface area contributed by atoms with Gasteiger partial charge in [0.1, 0.15) is 5.82 Å². The second kappa shape index (κ2) is 8.14. The minimum absolute atomic E-state index is 0.277. The lowest BCUT2D eigenvalue weighted by Crippen LogP contribution is -2.24. The number of hydrogen-bond donors (Lipinski definition) is 2. The first-order chi connectivity index (χ1) is 11.4. The van der Waals surface area contributed by atoms with Crippen molar-refractivity contribution in [2.75, 3.05) is 5.32 Å². The van der Waals surface area contributed by atoms with Gasteiger partial charge in [-0.1, -0.05) is 31.2 Å². The van der Waals surface area contributed by atoms with E-state index < -0.39 is 5.25 Å². The molecule has 0 bridgehead atoms. The van der Waals surface area contributed by atoms with Crippen molar-refractivity contribution in [3.63, 3.8) is 0 Å². The zero-order valence-corrected chi connectivity index (χ0v) is 14.7. The summed E-state index contributed by atoms with van der Waals surface area (Å²) in [5.74, 6) is -0.644. The first-order valence-electron chi connectivity index (χ1n) is 7.81. The number of thioether (sulfide) groups is 1. The lowest BCUT2D eigenvalue weighted by atomic mass is 10.2. The number of hydrogen-bond acceptors (Lipinski definition) is 4. The highest BCUT2D eigenvalue weighted by Gasteiger charge is 2.19. The Kier molecular flexibility index (Phi) is 6.19. The van der Waals surface area contributed by atoms with E-state index in [0.29, 0.717) is 23.0 Å². The molecule has 0 spiro atoms. The van der Waals surface area contributed by atoms with Crippen molar-refractivity contribution < 1.29 is 9.18 Å². The van der Waals surface area contributed by atoms with Gasteiger partial charge in [-0.25, -0.2) is 14.3 Å². The fourth-order valence-electron chi connectivity index (χ4n) is 2.03. The van der Waals surface area contributed by atoms with E-state index in [1.165, 1.54) is 22.4 Å². The minimum atomic E-state index is -0.482. The highest BCUT2D eigenvalue weighted by molar-refractivity contribution is 8.00. The first kappa shape index (κ1) is 18.3. The SMILES string of the molecule is CCCCn1c(SC(C)C(=O)Nc2ccc(C)c(F)c2)n[nH]c1=O. The van der Waals surface area contributed by atoms with Crippen LogP contribution in [0, 0.1) is 12.7 Å². The molecule has 8 heteroatoms. The molecule has 1 aromatic heterocycles.